The quantitative estimate of drug-likeness (QED) is 0.246. The molecular formula is C32H32ClF3N6O2S. The Morgan fingerprint density at radius 1 is 1.22 bits per heavy atom. The number of aromatic nitrogens is 3. The summed E-state index contributed by atoms with van der Waals surface area (Å²) in [5.74, 6) is 0.486. The number of halogens is 4. The first-order valence-corrected chi connectivity index (χ1v) is 16.5. The third-order valence-electron chi connectivity index (χ3n) is 8.92. The van der Waals surface area contributed by atoms with Gasteiger partial charge in [0.05, 0.1) is 37.6 Å². The summed E-state index contributed by atoms with van der Waals surface area (Å²) in [6.07, 6.45) is 7.89. The van der Waals surface area contributed by atoms with Crippen LogP contribution in [0.2, 0.25) is 5.02 Å². The lowest BCUT2D eigenvalue weighted by atomic mass is 9.59. The summed E-state index contributed by atoms with van der Waals surface area (Å²) in [4.78, 5) is 23.9. The van der Waals surface area contributed by atoms with E-state index < -0.39 is 51.8 Å². The van der Waals surface area contributed by atoms with E-state index in [4.69, 9.17) is 22.3 Å². The number of nitrogens with two attached hydrogens (primary N) is 1. The van der Waals surface area contributed by atoms with E-state index in [0.717, 1.165) is 5.57 Å². The van der Waals surface area contributed by atoms with Gasteiger partial charge in [0.2, 0.25) is 0 Å². The van der Waals surface area contributed by atoms with Crippen LogP contribution >= 0.6 is 11.6 Å². The number of Topliss-reactive ketones (excluding diaryl/α,β-unsaturated/α-hetero) is 1. The first kappa shape index (κ1) is 31.3. The number of hydrogen-bond acceptors (Lipinski definition) is 6. The first-order chi connectivity index (χ1) is 21.3. The Morgan fingerprint density at radius 2 is 1.96 bits per heavy atom. The molecule has 1 unspecified atom stereocenters. The monoisotopic (exact) mass is 656 g/mol. The molecular weight excluding hydrogens is 625 g/mol. The molecule has 8 nitrogen and oxygen atoms in total. The topological polar surface area (TPSA) is 106 Å². The predicted molar refractivity (Wildman–Crippen MR) is 169 cm³/mol. The number of aryl methyl sites for hydroxylation is 1. The number of aliphatic imine (C=N–C) groups is 1. The molecule has 3 atom stereocenters. The molecule has 2 fully saturated rings. The summed E-state index contributed by atoms with van der Waals surface area (Å²) in [6, 6.07) is 7.52. The normalized spacial score (nSPS) is 26.3. The Hall–Kier alpha value is -3.74. The maximum Gasteiger partial charge on any atom is 0.251 e. The number of benzene rings is 1. The molecule has 0 bridgehead atoms. The van der Waals surface area contributed by atoms with Crippen LogP contribution in [0, 0.1) is 11.2 Å². The molecule has 6 rings (SSSR count). The molecule has 0 radical (unpaired) electrons. The van der Waals surface area contributed by atoms with Crippen molar-refractivity contribution in [2.45, 2.75) is 61.4 Å². The summed E-state index contributed by atoms with van der Waals surface area (Å²) >= 11 is 6.27. The minimum atomic E-state index is -3.27. The fourth-order valence-electron chi connectivity index (χ4n) is 6.75. The molecule has 2 saturated carbocycles. The molecule has 0 spiro atoms. The van der Waals surface area contributed by atoms with Crippen LogP contribution < -0.4 is 5.73 Å². The lowest BCUT2D eigenvalue weighted by molar-refractivity contribution is -0.115. The molecule has 2 aromatic heterocycles. The van der Waals surface area contributed by atoms with E-state index in [1.807, 2.05) is 6.08 Å². The summed E-state index contributed by atoms with van der Waals surface area (Å²) < 4.78 is 59.8. The first-order valence-electron chi connectivity index (χ1n) is 14.5. The number of rotatable bonds is 7. The molecule has 1 aromatic carbocycles. The van der Waals surface area contributed by atoms with Crippen molar-refractivity contribution in [2.24, 2.45) is 23.2 Å². The van der Waals surface area contributed by atoms with Crippen molar-refractivity contribution in [1.29, 1.82) is 0 Å². The Bertz CT molecular complexity index is 1850. The van der Waals surface area contributed by atoms with E-state index in [9.17, 15) is 22.2 Å². The van der Waals surface area contributed by atoms with Crippen LogP contribution in [0.25, 0.3) is 0 Å². The Kier molecular flexibility index (Phi) is 8.03. The lowest BCUT2D eigenvalue weighted by Crippen LogP contribution is -2.59. The molecule has 3 aliphatic carbocycles. The second kappa shape index (κ2) is 11.6. The number of pyridine rings is 1. The van der Waals surface area contributed by atoms with Crippen LogP contribution in [0.3, 0.4) is 0 Å². The van der Waals surface area contributed by atoms with Crippen LogP contribution in [-0.4, -0.2) is 58.7 Å². The number of allylic oxidation sites excluding steroid dienone is 3. The highest BCUT2D eigenvalue weighted by atomic mass is 35.5. The number of alkyl halides is 2. The van der Waals surface area contributed by atoms with E-state index in [-0.39, 0.29) is 24.3 Å². The minimum Gasteiger partial charge on any atom is -0.404 e. The highest BCUT2D eigenvalue weighted by Crippen LogP contribution is 2.54. The average molecular weight is 657 g/mol. The van der Waals surface area contributed by atoms with Crippen LogP contribution in [0.4, 0.5) is 18.9 Å². The van der Waals surface area contributed by atoms with Gasteiger partial charge in [0, 0.05) is 49.4 Å². The number of carbonyl (C=O) groups excluding carboxylic acids is 1. The summed E-state index contributed by atoms with van der Waals surface area (Å²) in [7, 11) is -1.59. The van der Waals surface area contributed by atoms with Gasteiger partial charge >= 0.3 is 0 Å². The lowest BCUT2D eigenvalue weighted by Gasteiger charge is -2.52. The van der Waals surface area contributed by atoms with Gasteiger partial charge in [0.1, 0.15) is 11.5 Å². The zero-order valence-corrected chi connectivity index (χ0v) is 26.1. The molecule has 13 heteroatoms. The van der Waals surface area contributed by atoms with Crippen molar-refractivity contribution < 1.29 is 22.2 Å². The largest absolute Gasteiger partial charge is 0.404 e. The molecule has 0 saturated heterocycles. The van der Waals surface area contributed by atoms with E-state index in [1.165, 1.54) is 41.5 Å². The fraction of sp³-hybridized carbons (Fsp3) is 0.344. The highest BCUT2D eigenvalue weighted by Gasteiger charge is 2.56. The van der Waals surface area contributed by atoms with Crippen LogP contribution in [0.15, 0.2) is 88.3 Å². The van der Waals surface area contributed by atoms with E-state index >= 15 is 0 Å². The molecule has 236 valence electrons. The third-order valence-corrected chi connectivity index (χ3v) is 11.4. The van der Waals surface area contributed by atoms with Crippen LogP contribution in [0.1, 0.15) is 49.0 Å². The van der Waals surface area contributed by atoms with Crippen molar-refractivity contribution in [3.8, 4) is 0 Å². The second-order valence-electron chi connectivity index (χ2n) is 11.9. The Balaban J connectivity index is 1.46. The smallest absolute Gasteiger partial charge is 0.251 e. The third kappa shape index (κ3) is 5.86. The molecule has 2 N–H and O–H groups in total. The number of fused-ring (bicyclic) bond motifs is 1. The number of ketones is 1. The van der Waals surface area contributed by atoms with Gasteiger partial charge in [-0.05, 0) is 85.8 Å². The molecule has 0 aliphatic heterocycles. The summed E-state index contributed by atoms with van der Waals surface area (Å²) in [5, 5.41) is 4.48. The van der Waals surface area contributed by atoms with Gasteiger partial charge in [-0.2, -0.15) is 5.10 Å². The van der Waals surface area contributed by atoms with Gasteiger partial charge in [-0.1, -0.05) is 17.2 Å². The van der Waals surface area contributed by atoms with Crippen LogP contribution in [0.5, 0.6) is 0 Å². The SMILES string of the molecule is C=S(=O)(c1cnn(C)c1)N(C1CC(F)(F)C1)[C@H]1CCC2=CC(=Nc3ccc(F)cc3)C(=CN)C[C@]2(C(=O)c2cc(Cl)ccn2)C1. The Labute approximate surface area is 264 Å². The van der Waals surface area contributed by atoms with Gasteiger partial charge in [0.25, 0.3) is 5.92 Å². The van der Waals surface area contributed by atoms with Crippen LogP contribution in [-0.2, 0) is 16.8 Å². The van der Waals surface area contributed by atoms with E-state index in [2.05, 4.69) is 16.0 Å². The van der Waals surface area contributed by atoms with E-state index in [0.29, 0.717) is 39.7 Å². The highest BCUT2D eigenvalue weighted by molar-refractivity contribution is 7.98. The maximum atomic E-state index is 14.6. The minimum absolute atomic E-state index is 0.138. The molecule has 3 aliphatic rings. The predicted octanol–water partition coefficient (Wildman–Crippen LogP) is 6.06. The van der Waals surface area contributed by atoms with Gasteiger partial charge in [-0.3, -0.25) is 14.5 Å². The van der Waals surface area contributed by atoms with Crippen molar-refractivity contribution in [2.75, 3.05) is 0 Å². The van der Waals surface area contributed by atoms with Crippen molar-refractivity contribution >= 4 is 44.4 Å². The number of carbonyl (C=O) groups is 1. The van der Waals surface area contributed by atoms with Crippen molar-refractivity contribution in [1.82, 2.24) is 19.1 Å². The standard InChI is InChI=1S/C32H32ClF3N6O2S/c1-41-19-27(18-39-41)45(2,44)42(26-15-32(35,36)16-26)25-8-3-21-11-28(40-24-6-4-23(34)5-7-24)20(17-37)13-31(21,14-25)30(43)29-12-22(33)9-10-38-29/h4-7,9-12,17-19,25-26H,2-3,8,13-16,37H2,1H3/t25-,31-,45?/m0/s1. The zero-order chi connectivity index (χ0) is 32.1. The molecule has 45 heavy (non-hydrogen) atoms. The van der Waals surface area contributed by atoms with Gasteiger partial charge in [-0.15, -0.1) is 0 Å². The zero-order valence-electron chi connectivity index (χ0n) is 24.5. The molecule has 3 aromatic rings. The van der Waals surface area contributed by atoms with Crippen molar-refractivity contribution in [3.63, 3.8) is 0 Å². The average Bonchev–Trinajstić information content (AvgIpc) is 3.44. The van der Waals surface area contributed by atoms with E-state index in [1.54, 1.807) is 35.7 Å². The van der Waals surface area contributed by atoms with Gasteiger partial charge in [-0.25, -0.2) is 26.7 Å². The molecule has 2 heterocycles. The fourth-order valence-corrected chi connectivity index (χ4v) is 8.98. The van der Waals surface area contributed by atoms with Crippen molar-refractivity contribution in [3.05, 3.63) is 94.9 Å². The molecule has 0 amide bonds. The van der Waals surface area contributed by atoms with Gasteiger partial charge < -0.3 is 5.73 Å². The number of hydrogen-bond donors (Lipinski definition) is 1. The summed E-state index contributed by atoms with van der Waals surface area (Å²) in [6.45, 7) is 0. The summed E-state index contributed by atoms with van der Waals surface area (Å²) in [5.41, 5.74) is 7.46. The maximum absolute atomic E-state index is 14.6. The Morgan fingerprint density at radius 3 is 2.58 bits per heavy atom. The number of nitrogens with zero attached hydrogens (tertiary/aromatic N) is 5. The van der Waals surface area contributed by atoms with Gasteiger partial charge in [0.15, 0.2) is 5.78 Å². The second-order valence-corrected chi connectivity index (χ2v) is 14.6.